The van der Waals surface area contributed by atoms with E-state index >= 15 is 0 Å². The molecule has 0 bridgehead atoms. The molecule has 17 heteroatoms. The summed E-state index contributed by atoms with van der Waals surface area (Å²) in [6.45, 7) is 3.14. The van der Waals surface area contributed by atoms with Crippen LogP contribution in [-0.2, 0) is 22.7 Å². The summed E-state index contributed by atoms with van der Waals surface area (Å²) in [5.41, 5.74) is 3.16. The number of pyridine rings is 1. The van der Waals surface area contributed by atoms with Crippen molar-refractivity contribution in [1.29, 1.82) is 5.26 Å². The number of imide groups is 2. The Hall–Kier alpha value is -6.57. The van der Waals surface area contributed by atoms with Crippen molar-refractivity contribution in [3.63, 3.8) is 0 Å². The van der Waals surface area contributed by atoms with Gasteiger partial charge in [0.25, 0.3) is 17.4 Å². The maximum absolute atomic E-state index is 13.6. The molecule has 6 aromatic rings. The fourth-order valence-electron chi connectivity index (χ4n) is 8.12. The van der Waals surface area contributed by atoms with Crippen molar-refractivity contribution >= 4 is 73.4 Å². The number of nitrogens with one attached hydrogen (secondary N) is 2. The number of anilines is 1. The molecule has 0 spiro atoms. The van der Waals surface area contributed by atoms with Gasteiger partial charge in [0, 0.05) is 64.0 Å². The van der Waals surface area contributed by atoms with Gasteiger partial charge in [-0.25, -0.2) is 4.79 Å². The highest BCUT2D eigenvalue weighted by Gasteiger charge is 2.45. The van der Waals surface area contributed by atoms with Gasteiger partial charge in [0.15, 0.2) is 6.19 Å². The molecule has 1 fully saturated rings. The lowest BCUT2D eigenvalue weighted by Gasteiger charge is -2.27. The number of unbranched alkanes of at least 4 members (excludes halogenated alkanes) is 5. The first-order valence-electron chi connectivity index (χ1n) is 20.2. The minimum absolute atomic E-state index is 0.0575. The predicted molar refractivity (Wildman–Crippen MR) is 231 cm³/mol. The molecular formula is C44H41ClN8O7S. The molecule has 0 saturated carbocycles. The third-order valence-electron chi connectivity index (χ3n) is 11.1. The number of nitrogens with zero attached hydrogens (tertiary/aromatic N) is 6. The van der Waals surface area contributed by atoms with Crippen LogP contribution in [0.3, 0.4) is 0 Å². The van der Waals surface area contributed by atoms with E-state index in [4.69, 9.17) is 16.3 Å². The number of piperidine rings is 1. The fourth-order valence-corrected chi connectivity index (χ4v) is 9.47. The van der Waals surface area contributed by atoms with Crippen molar-refractivity contribution < 1.29 is 23.9 Å². The van der Waals surface area contributed by atoms with Gasteiger partial charge < -0.3 is 10.1 Å². The van der Waals surface area contributed by atoms with Gasteiger partial charge in [0.05, 0.1) is 46.1 Å². The van der Waals surface area contributed by atoms with Crippen LogP contribution in [0.2, 0.25) is 5.02 Å². The van der Waals surface area contributed by atoms with Gasteiger partial charge in [-0.2, -0.15) is 5.26 Å². The average Bonchev–Trinajstić information content (AvgIpc) is 3.93. The Morgan fingerprint density at radius 1 is 0.934 bits per heavy atom. The number of nitriles is 1. The molecule has 8 rings (SSSR count). The predicted octanol–water partition coefficient (Wildman–Crippen LogP) is 6.52. The molecule has 2 aliphatic rings. The number of hydrogen-bond donors (Lipinski definition) is 2. The minimum Gasteiger partial charge on any atom is -0.479 e. The Morgan fingerprint density at radius 3 is 2.52 bits per heavy atom. The highest BCUT2D eigenvalue weighted by molar-refractivity contribution is 7.19. The van der Waals surface area contributed by atoms with E-state index in [0.717, 1.165) is 75.0 Å². The lowest BCUT2D eigenvalue weighted by atomic mass is 10.0. The van der Waals surface area contributed by atoms with Gasteiger partial charge in [-0.05, 0) is 68.7 Å². The molecule has 15 nitrogen and oxygen atoms in total. The van der Waals surface area contributed by atoms with Crippen LogP contribution >= 0.6 is 22.9 Å². The Labute approximate surface area is 358 Å². The molecule has 0 aliphatic carbocycles. The number of amides is 4. The summed E-state index contributed by atoms with van der Waals surface area (Å²) >= 11 is 7.91. The zero-order valence-corrected chi connectivity index (χ0v) is 34.8. The number of thiophene rings is 1. The standard InChI is InChI=1S/C44H41ClN8O7S/c1-2-51-37(60-19-8-6-4-3-5-7-16-47-32-11-9-10-30-38(32)43(58)53(42(30)57)34-12-13-35(54)49-41(34)56)23-36(55)52(44(51)59)24-28-22-33-40(61-28)29(14-17-48-33)31-21-27(45)20-26-15-18-50(25-46)39(26)31/h9-11,14-15,17-18,20-23,34,47H,2-8,12-13,16,19,24H2,1H3,(H,49,54,56). The highest BCUT2D eigenvalue weighted by atomic mass is 35.5. The number of carbonyl (C=O) groups is 4. The van der Waals surface area contributed by atoms with Crippen molar-refractivity contribution in [2.75, 3.05) is 18.5 Å². The summed E-state index contributed by atoms with van der Waals surface area (Å²) in [4.78, 5) is 83.7. The molecule has 2 N–H and O–H groups in total. The quantitative estimate of drug-likeness (QED) is 0.0800. The van der Waals surface area contributed by atoms with Crippen molar-refractivity contribution in [2.45, 2.75) is 77.4 Å². The van der Waals surface area contributed by atoms with E-state index < -0.39 is 40.9 Å². The van der Waals surface area contributed by atoms with Crippen molar-refractivity contribution in [2.24, 2.45) is 0 Å². The molecule has 6 heterocycles. The SMILES string of the molecule is CCn1c(OCCCCCCCCNc2cccc3c2C(=O)N(C2CCC(=O)NC2=O)C3=O)cc(=O)n(Cc2cc3nccc(-c4cc(Cl)cc5ccn(C#N)c45)c3s2)c1=O. The molecule has 4 amide bonds. The third-order valence-corrected chi connectivity index (χ3v) is 12.4. The molecule has 61 heavy (non-hydrogen) atoms. The largest absolute Gasteiger partial charge is 0.479 e. The molecule has 1 saturated heterocycles. The lowest BCUT2D eigenvalue weighted by molar-refractivity contribution is -0.136. The van der Waals surface area contributed by atoms with Crippen molar-refractivity contribution in [3.8, 4) is 23.2 Å². The van der Waals surface area contributed by atoms with Crippen LogP contribution in [0.15, 0.2) is 76.6 Å². The number of aromatic nitrogens is 4. The van der Waals surface area contributed by atoms with Crippen molar-refractivity contribution in [1.82, 2.24) is 28.9 Å². The maximum Gasteiger partial charge on any atom is 0.334 e. The van der Waals surface area contributed by atoms with Crippen LogP contribution in [0.25, 0.3) is 32.2 Å². The molecule has 2 aromatic carbocycles. The summed E-state index contributed by atoms with van der Waals surface area (Å²) in [5, 5.41) is 16.6. The number of hydrogen-bond acceptors (Lipinski definition) is 11. The van der Waals surface area contributed by atoms with E-state index in [2.05, 4.69) is 21.8 Å². The van der Waals surface area contributed by atoms with Gasteiger partial charge in [-0.1, -0.05) is 43.4 Å². The zero-order chi connectivity index (χ0) is 42.8. The van der Waals surface area contributed by atoms with Gasteiger partial charge in [0.1, 0.15) is 6.04 Å². The second kappa shape index (κ2) is 17.6. The Kier molecular flexibility index (Phi) is 11.9. The first-order chi connectivity index (χ1) is 29.6. The van der Waals surface area contributed by atoms with Crippen LogP contribution in [0.1, 0.15) is 83.9 Å². The summed E-state index contributed by atoms with van der Waals surface area (Å²) in [6.07, 6.45) is 11.1. The van der Waals surface area contributed by atoms with E-state index in [0.29, 0.717) is 35.9 Å². The number of benzene rings is 2. The summed E-state index contributed by atoms with van der Waals surface area (Å²) < 4.78 is 11.0. The van der Waals surface area contributed by atoms with Gasteiger partial charge >= 0.3 is 5.69 Å². The van der Waals surface area contributed by atoms with Gasteiger partial charge in [0.2, 0.25) is 17.7 Å². The first kappa shape index (κ1) is 41.2. The smallest absolute Gasteiger partial charge is 0.334 e. The Morgan fingerprint density at radius 2 is 1.74 bits per heavy atom. The number of fused-ring (bicyclic) bond motifs is 3. The lowest BCUT2D eigenvalue weighted by Crippen LogP contribution is -2.54. The zero-order valence-electron chi connectivity index (χ0n) is 33.2. The van der Waals surface area contributed by atoms with E-state index in [1.807, 2.05) is 37.3 Å². The Bertz CT molecular complexity index is 2910. The number of halogens is 1. The molecule has 2 aliphatic heterocycles. The van der Waals surface area contributed by atoms with Crippen molar-refractivity contribution in [3.05, 3.63) is 109 Å². The molecular weight excluding hydrogens is 820 g/mol. The van der Waals surface area contributed by atoms with Crippen LogP contribution in [-0.4, -0.2) is 66.4 Å². The second-order valence-electron chi connectivity index (χ2n) is 15.0. The molecule has 4 aromatic heterocycles. The van der Waals surface area contributed by atoms with Gasteiger partial charge in [-0.15, -0.1) is 11.3 Å². The normalized spacial score (nSPS) is 15.1. The summed E-state index contributed by atoms with van der Waals surface area (Å²) in [6, 6.07) is 14.6. The Balaban J connectivity index is 0.820. The first-order valence-corrected chi connectivity index (χ1v) is 21.4. The average molecular weight is 861 g/mol. The van der Waals surface area contributed by atoms with E-state index in [-0.39, 0.29) is 36.4 Å². The molecule has 1 unspecified atom stereocenters. The van der Waals surface area contributed by atoms with E-state index in [9.17, 15) is 34.0 Å². The second-order valence-corrected chi connectivity index (χ2v) is 16.5. The van der Waals surface area contributed by atoms with Crippen LogP contribution in [0.4, 0.5) is 5.69 Å². The maximum atomic E-state index is 13.6. The minimum atomic E-state index is -1.01. The third kappa shape index (κ3) is 8.06. The molecule has 0 radical (unpaired) electrons. The number of rotatable bonds is 16. The fraction of sp³-hybridized carbons (Fsp3) is 0.318. The molecule has 312 valence electrons. The van der Waals surface area contributed by atoms with Crippen LogP contribution < -0.4 is 26.6 Å². The number of ether oxygens (including phenoxy) is 1. The highest BCUT2D eigenvalue weighted by Crippen LogP contribution is 2.39. The van der Waals surface area contributed by atoms with E-state index in [1.54, 1.807) is 30.6 Å². The summed E-state index contributed by atoms with van der Waals surface area (Å²) in [7, 11) is 0. The van der Waals surface area contributed by atoms with Crippen LogP contribution in [0.5, 0.6) is 5.88 Å². The number of carbonyl (C=O) groups excluding carboxylic acids is 4. The topological polar surface area (TPSA) is 190 Å². The van der Waals surface area contributed by atoms with Gasteiger partial charge in [-0.3, -0.25) is 52.9 Å². The van der Waals surface area contributed by atoms with E-state index in [1.165, 1.54) is 31.1 Å². The van der Waals surface area contributed by atoms with Crippen LogP contribution in [0, 0.1) is 11.5 Å². The molecule has 1 atom stereocenters. The monoisotopic (exact) mass is 860 g/mol. The summed E-state index contributed by atoms with van der Waals surface area (Å²) in [5.74, 6) is -1.90.